The molecular weight excluding hydrogens is 148 g/mol. The molecule has 1 heteroatoms. The molecule has 0 spiro atoms. The molecule has 0 bridgehead atoms. The van der Waals surface area contributed by atoms with E-state index in [1.165, 1.54) is 18.4 Å². The zero-order chi connectivity index (χ0) is 9.56. The van der Waals surface area contributed by atoms with Gasteiger partial charge >= 0.3 is 0 Å². The third-order valence-electron chi connectivity index (χ3n) is 2.36. The molecule has 2 unspecified atom stereocenters. The highest BCUT2D eigenvalue weighted by molar-refractivity contribution is 5.03. The Kier molecular flexibility index (Phi) is 6.09. The lowest BCUT2D eigenvalue weighted by Gasteiger charge is -2.22. The van der Waals surface area contributed by atoms with Crippen LogP contribution >= 0.6 is 0 Å². The average Bonchev–Trinajstić information content (AvgIpc) is 2.09. The van der Waals surface area contributed by atoms with Gasteiger partial charge in [-0.15, -0.1) is 0 Å². The smallest absolute Gasteiger partial charge is 0.0543 e. The highest BCUT2D eigenvalue weighted by Crippen LogP contribution is 2.25. The third kappa shape index (κ3) is 3.91. The first kappa shape index (κ1) is 11.7. The lowest BCUT2D eigenvalue weighted by atomic mass is 9.87. The van der Waals surface area contributed by atoms with Crippen LogP contribution in [0.3, 0.4) is 0 Å². The normalized spacial score (nSPS) is 25.1. The third-order valence-corrected chi connectivity index (χ3v) is 2.36. The fourth-order valence-electron chi connectivity index (χ4n) is 1.42. The summed E-state index contributed by atoms with van der Waals surface area (Å²) in [6.45, 7) is 8.05. The van der Waals surface area contributed by atoms with Gasteiger partial charge in [0.25, 0.3) is 0 Å². The summed E-state index contributed by atoms with van der Waals surface area (Å²) in [5, 5.41) is 9.23. The minimum Gasteiger partial charge on any atom is -0.393 e. The van der Waals surface area contributed by atoms with Crippen molar-refractivity contribution in [1.82, 2.24) is 0 Å². The Balaban J connectivity index is 0.000000561. The second-order valence-corrected chi connectivity index (χ2v) is 3.33. The van der Waals surface area contributed by atoms with E-state index >= 15 is 0 Å². The molecule has 0 aliphatic heterocycles. The van der Waals surface area contributed by atoms with E-state index < -0.39 is 0 Å². The van der Waals surface area contributed by atoms with E-state index in [2.05, 4.69) is 13.0 Å². The van der Waals surface area contributed by atoms with Crippen LogP contribution in [0, 0.1) is 5.92 Å². The largest absolute Gasteiger partial charge is 0.393 e. The molecule has 1 aliphatic carbocycles. The molecule has 1 rings (SSSR count). The Morgan fingerprint density at radius 3 is 2.42 bits per heavy atom. The molecule has 1 aliphatic rings. The molecule has 0 fully saturated rings. The van der Waals surface area contributed by atoms with Crippen molar-refractivity contribution >= 4 is 0 Å². The molecular formula is C11H22O. The van der Waals surface area contributed by atoms with Gasteiger partial charge in [-0.1, -0.05) is 25.5 Å². The molecule has 0 amide bonds. The van der Waals surface area contributed by atoms with Gasteiger partial charge in [0.2, 0.25) is 0 Å². The Labute approximate surface area is 76.5 Å². The van der Waals surface area contributed by atoms with Crippen molar-refractivity contribution in [1.29, 1.82) is 0 Å². The number of aliphatic hydroxyl groups excluding tert-OH is 1. The van der Waals surface area contributed by atoms with Crippen LogP contribution in [0.5, 0.6) is 0 Å². The second-order valence-electron chi connectivity index (χ2n) is 3.33. The lowest BCUT2D eigenvalue weighted by Crippen LogP contribution is -2.18. The highest BCUT2D eigenvalue weighted by atomic mass is 16.3. The summed E-state index contributed by atoms with van der Waals surface area (Å²) in [4.78, 5) is 0. The van der Waals surface area contributed by atoms with E-state index in [-0.39, 0.29) is 6.10 Å². The van der Waals surface area contributed by atoms with Gasteiger partial charge in [-0.25, -0.2) is 0 Å². The fraction of sp³-hybridized carbons (Fsp3) is 0.818. The molecule has 0 saturated carbocycles. The maximum Gasteiger partial charge on any atom is 0.0543 e. The Morgan fingerprint density at radius 2 is 2.08 bits per heavy atom. The number of aliphatic hydroxyl groups is 1. The van der Waals surface area contributed by atoms with Gasteiger partial charge in [-0.3, -0.25) is 0 Å². The van der Waals surface area contributed by atoms with Gasteiger partial charge in [0, 0.05) is 0 Å². The average molecular weight is 170 g/mol. The van der Waals surface area contributed by atoms with Gasteiger partial charge in [0.05, 0.1) is 6.10 Å². The van der Waals surface area contributed by atoms with Crippen molar-refractivity contribution in [3.05, 3.63) is 11.6 Å². The number of allylic oxidation sites excluding steroid dienone is 2. The van der Waals surface area contributed by atoms with Gasteiger partial charge in [0.1, 0.15) is 0 Å². The number of hydrogen-bond acceptors (Lipinski definition) is 1. The summed E-state index contributed by atoms with van der Waals surface area (Å²) in [7, 11) is 0. The van der Waals surface area contributed by atoms with E-state index in [0.717, 1.165) is 6.42 Å². The molecule has 0 aromatic rings. The standard InChI is InChI=1S/C9H16O.C2H6/c1-7-3-5-9(6-4-7)8(2)10;1-2/h3,8-10H,4-6H2,1-2H3;1-2H3. The SMILES string of the molecule is CC.CC1=CCC(C(C)O)CC1. The van der Waals surface area contributed by atoms with Crippen molar-refractivity contribution in [2.75, 3.05) is 0 Å². The van der Waals surface area contributed by atoms with E-state index in [9.17, 15) is 5.11 Å². The van der Waals surface area contributed by atoms with Crippen LogP contribution in [-0.4, -0.2) is 11.2 Å². The number of hydrogen-bond donors (Lipinski definition) is 1. The summed E-state index contributed by atoms with van der Waals surface area (Å²) in [5.41, 5.74) is 1.48. The Morgan fingerprint density at radius 1 is 1.50 bits per heavy atom. The van der Waals surface area contributed by atoms with Crippen molar-refractivity contribution in [3.63, 3.8) is 0 Å². The molecule has 0 saturated heterocycles. The van der Waals surface area contributed by atoms with Crippen LogP contribution < -0.4 is 0 Å². The van der Waals surface area contributed by atoms with E-state index in [4.69, 9.17) is 0 Å². The van der Waals surface area contributed by atoms with Crippen LogP contribution in [0.2, 0.25) is 0 Å². The first-order valence-corrected chi connectivity index (χ1v) is 5.04. The van der Waals surface area contributed by atoms with Crippen molar-refractivity contribution in [3.8, 4) is 0 Å². The maximum absolute atomic E-state index is 9.23. The van der Waals surface area contributed by atoms with Crippen LogP contribution in [-0.2, 0) is 0 Å². The molecule has 0 aromatic carbocycles. The zero-order valence-corrected chi connectivity index (χ0v) is 8.80. The highest BCUT2D eigenvalue weighted by Gasteiger charge is 2.16. The maximum atomic E-state index is 9.23. The van der Waals surface area contributed by atoms with Gasteiger partial charge in [-0.2, -0.15) is 0 Å². The summed E-state index contributed by atoms with van der Waals surface area (Å²) in [6.07, 6.45) is 5.55. The predicted octanol–water partition coefficient (Wildman–Crippen LogP) is 3.14. The zero-order valence-electron chi connectivity index (χ0n) is 8.80. The van der Waals surface area contributed by atoms with Gasteiger partial charge in [0.15, 0.2) is 0 Å². The van der Waals surface area contributed by atoms with E-state index in [1.54, 1.807) is 0 Å². The van der Waals surface area contributed by atoms with Crippen molar-refractivity contribution < 1.29 is 5.11 Å². The molecule has 72 valence electrons. The second kappa shape index (κ2) is 6.24. The summed E-state index contributed by atoms with van der Waals surface area (Å²) >= 11 is 0. The van der Waals surface area contributed by atoms with E-state index in [1.807, 2.05) is 20.8 Å². The topological polar surface area (TPSA) is 20.2 Å². The van der Waals surface area contributed by atoms with Gasteiger partial charge < -0.3 is 5.11 Å². The number of rotatable bonds is 1. The predicted molar refractivity (Wildman–Crippen MR) is 54.1 cm³/mol. The molecule has 1 nitrogen and oxygen atoms in total. The molecule has 0 aromatic heterocycles. The van der Waals surface area contributed by atoms with Crippen LogP contribution in [0.25, 0.3) is 0 Å². The summed E-state index contributed by atoms with van der Waals surface area (Å²) < 4.78 is 0. The molecule has 0 radical (unpaired) electrons. The lowest BCUT2D eigenvalue weighted by molar-refractivity contribution is 0.119. The molecule has 1 N–H and O–H groups in total. The first-order valence-electron chi connectivity index (χ1n) is 5.04. The molecule has 0 heterocycles. The fourth-order valence-corrected chi connectivity index (χ4v) is 1.42. The van der Waals surface area contributed by atoms with Crippen LogP contribution in [0.4, 0.5) is 0 Å². The first-order chi connectivity index (χ1) is 5.70. The Hall–Kier alpha value is -0.300. The quantitative estimate of drug-likeness (QED) is 0.599. The molecule has 2 atom stereocenters. The minimum atomic E-state index is -0.121. The summed E-state index contributed by atoms with van der Waals surface area (Å²) in [5.74, 6) is 0.517. The van der Waals surface area contributed by atoms with Crippen molar-refractivity contribution in [2.24, 2.45) is 5.92 Å². The summed E-state index contributed by atoms with van der Waals surface area (Å²) in [6, 6.07) is 0. The monoisotopic (exact) mass is 170 g/mol. The van der Waals surface area contributed by atoms with Gasteiger partial charge in [-0.05, 0) is 39.0 Å². The van der Waals surface area contributed by atoms with Crippen LogP contribution in [0.1, 0.15) is 47.0 Å². The van der Waals surface area contributed by atoms with E-state index in [0.29, 0.717) is 5.92 Å². The van der Waals surface area contributed by atoms with Crippen molar-refractivity contribution in [2.45, 2.75) is 53.1 Å². The minimum absolute atomic E-state index is 0.121. The molecule has 12 heavy (non-hydrogen) atoms. The van der Waals surface area contributed by atoms with Crippen LogP contribution in [0.15, 0.2) is 11.6 Å². The Bertz CT molecular complexity index is 136.